The van der Waals surface area contributed by atoms with Gasteiger partial charge < -0.3 is 0 Å². The Hall–Kier alpha value is -0.501. The Morgan fingerprint density at radius 1 is 1.43 bits per heavy atom. The molecule has 1 aromatic carbocycles. The van der Waals surface area contributed by atoms with Crippen LogP contribution in [0, 0.1) is 0 Å². The van der Waals surface area contributed by atoms with E-state index in [0.29, 0.717) is 15.0 Å². The maximum atomic E-state index is 5.80. The van der Waals surface area contributed by atoms with E-state index in [2.05, 4.69) is 17.2 Å². The molecule has 14 heavy (non-hydrogen) atoms. The van der Waals surface area contributed by atoms with Crippen molar-refractivity contribution in [1.82, 2.24) is 0 Å². The number of hydrogen-bond acceptors (Lipinski definition) is 2. The van der Waals surface area contributed by atoms with Gasteiger partial charge in [-0.2, -0.15) is 0 Å². The molecular weight excluding hydrogens is 263 g/mol. The molecule has 1 aliphatic rings. The molecule has 4 heteroatoms. The summed E-state index contributed by atoms with van der Waals surface area (Å²) < 4.78 is 1.15. The summed E-state index contributed by atoms with van der Waals surface area (Å²) >= 11 is 6.30. The first-order valence-electron chi connectivity index (χ1n) is 4.48. The summed E-state index contributed by atoms with van der Waals surface area (Å²) in [6.07, 6.45) is 0. The Morgan fingerprint density at radius 2 is 2.14 bits per heavy atom. The number of anilines is 1. The zero-order valence-electron chi connectivity index (χ0n) is 7.83. The van der Waals surface area contributed by atoms with E-state index < -0.39 is 0 Å². The molecule has 1 aromatic rings. The van der Waals surface area contributed by atoms with Gasteiger partial charge in [0.15, 0.2) is 0 Å². The van der Waals surface area contributed by atoms with Crippen molar-refractivity contribution in [3.63, 3.8) is 0 Å². The van der Waals surface area contributed by atoms with Crippen molar-refractivity contribution in [3.8, 4) is 0 Å². The first-order chi connectivity index (χ1) is 6.74. The molecule has 2 nitrogen and oxygen atoms in total. The van der Waals surface area contributed by atoms with Crippen LogP contribution in [0.3, 0.4) is 0 Å². The van der Waals surface area contributed by atoms with E-state index in [1.807, 2.05) is 24.3 Å². The molecule has 0 radical (unpaired) electrons. The predicted octanol–water partition coefficient (Wildman–Crippen LogP) is 2.63. The quantitative estimate of drug-likeness (QED) is 0.782. The third-order valence-electron chi connectivity index (χ3n) is 1.90. The van der Waals surface area contributed by atoms with Crippen LogP contribution in [0.2, 0.25) is 9.84 Å². The van der Waals surface area contributed by atoms with Crippen molar-refractivity contribution in [1.29, 1.82) is 0 Å². The number of aliphatic imine (C=N–C) groups is 1. The van der Waals surface area contributed by atoms with Crippen LogP contribution in [0.5, 0.6) is 0 Å². The first-order valence-corrected chi connectivity index (χ1v) is 6.70. The van der Waals surface area contributed by atoms with E-state index >= 15 is 0 Å². The second kappa shape index (κ2) is 4.35. The Morgan fingerprint density at radius 3 is 2.71 bits per heavy atom. The van der Waals surface area contributed by atoms with Crippen molar-refractivity contribution in [3.05, 3.63) is 29.3 Å². The Balaban J connectivity index is 2.01. The fourth-order valence-electron chi connectivity index (χ4n) is 1.20. The van der Waals surface area contributed by atoms with Crippen molar-refractivity contribution >= 4 is 37.0 Å². The zero-order chi connectivity index (χ0) is 9.97. The molecule has 1 unspecified atom stereocenters. The maximum absolute atomic E-state index is 5.80. The molecule has 0 aliphatic carbocycles. The Labute approximate surface area is 94.9 Å². The Bertz CT molecular complexity index is 348. The fourth-order valence-corrected chi connectivity index (χ4v) is 3.12. The van der Waals surface area contributed by atoms with Gasteiger partial charge in [-0.3, -0.25) is 0 Å². The van der Waals surface area contributed by atoms with Gasteiger partial charge >= 0.3 is 94.9 Å². The molecule has 0 fully saturated rings. The van der Waals surface area contributed by atoms with E-state index in [0.717, 1.165) is 26.8 Å². The summed E-state index contributed by atoms with van der Waals surface area (Å²) in [7, 11) is 0. The molecule has 0 bridgehead atoms. The van der Waals surface area contributed by atoms with E-state index in [4.69, 9.17) is 11.6 Å². The fraction of sp³-hybridized carbons (Fsp3) is 0.300. The molecular formula is C10H11ClN2Se. The molecule has 1 atom stereocenters. The SMILES string of the molecule is CC1CN=C(Nc2ccc(Cl)cc2)[Se]1. The van der Waals surface area contributed by atoms with Crippen LogP contribution in [-0.2, 0) is 0 Å². The summed E-state index contributed by atoms with van der Waals surface area (Å²) in [6.45, 7) is 3.20. The second-order valence-electron chi connectivity index (χ2n) is 3.21. The summed E-state index contributed by atoms with van der Waals surface area (Å²) in [4.78, 5) is 5.17. The molecule has 0 amide bonds. The van der Waals surface area contributed by atoms with Gasteiger partial charge in [0.25, 0.3) is 0 Å². The van der Waals surface area contributed by atoms with Crippen LogP contribution < -0.4 is 5.32 Å². The number of nitrogens with zero attached hydrogens (tertiary/aromatic N) is 1. The minimum atomic E-state index is 0.500. The van der Waals surface area contributed by atoms with Gasteiger partial charge in [0.2, 0.25) is 0 Å². The minimum absolute atomic E-state index is 0.500. The van der Waals surface area contributed by atoms with Crippen molar-refractivity contribution < 1.29 is 0 Å². The van der Waals surface area contributed by atoms with Gasteiger partial charge in [0.05, 0.1) is 0 Å². The topological polar surface area (TPSA) is 24.4 Å². The number of benzene rings is 1. The van der Waals surface area contributed by atoms with Crippen LogP contribution in [-0.4, -0.2) is 26.2 Å². The number of amidine groups is 1. The number of halogens is 1. The molecule has 0 aromatic heterocycles. The molecule has 1 heterocycles. The molecule has 0 saturated carbocycles. The average molecular weight is 274 g/mol. The molecule has 0 saturated heterocycles. The van der Waals surface area contributed by atoms with Crippen molar-refractivity contribution in [2.75, 3.05) is 11.9 Å². The van der Waals surface area contributed by atoms with Gasteiger partial charge in [0.1, 0.15) is 0 Å². The summed E-state index contributed by atoms with van der Waals surface area (Å²) in [5.74, 6) is 0. The van der Waals surface area contributed by atoms with Gasteiger partial charge in [-0.05, 0) is 0 Å². The third kappa shape index (κ3) is 2.50. The van der Waals surface area contributed by atoms with Crippen molar-refractivity contribution in [2.45, 2.75) is 11.7 Å². The average Bonchev–Trinajstić information content (AvgIpc) is 2.56. The van der Waals surface area contributed by atoms with E-state index in [1.165, 1.54) is 0 Å². The number of rotatable bonds is 1. The zero-order valence-corrected chi connectivity index (χ0v) is 10.3. The third-order valence-corrected chi connectivity index (χ3v) is 4.26. The van der Waals surface area contributed by atoms with Gasteiger partial charge in [-0.15, -0.1) is 0 Å². The summed E-state index contributed by atoms with van der Waals surface area (Å²) in [5, 5.41) is 4.08. The molecule has 74 valence electrons. The molecule has 1 aliphatic heterocycles. The van der Waals surface area contributed by atoms with Crippen LogP contribution in [0.1, 0.15) is 6.92 Å². The van der Waals surface area contributed by atoms with Crippen LogP contribution in [0.25, 0.3) is 0 Å². The first kappa shape index (κ1) is 10.0. The van der Waals surface area contributed by atoms with E-state index in [1.54, 1.807) is 0 Å². The van der Waals surface area contributed by atoms with Gasteiger partial charge in [0, 0.05) is 0 Å². The van der Waals surface area contributed by atoms with Crippen molar-refractivity contribution in [2.24, 2.45) is 4.99 Å². The molecule has 0 spiro atoms. The summed E-state index contributed by atoms with van der Waals surface area (Å²) in [5.41, 5.74) is 1.07. The normalized spacial score (nSPS) is 20.7. The predicted molar refractivity (Wildman–Crippen MR) is 62.6 cm³/mol. The van der Waals surface area contributed by atoms with E-state index in [9.17, 15) is 0 Å². The summed E-state index contributed by atoms with van der Waals surface area (Å²) in [6, 6.07) is 7.72. The second-order valence-corrected chi connectivity index (χ2v) is 6.64. The van der Waals surface area contributed by atoms with Crippen LogP contribution >= 0.6 is 11.6 Å². The Kier molecular flexibility index (Phi) is 3.12. The standard InChI is InChI=1S/C10H11ClN2Se/c1-7-6-12-10(14-7)13-9-4-2-8(11)3-5-9/h2-5,7H,6H2,1H3,(H,12,13). The van der Waals surface area contributed by atoms with Gasteiger partial charge in [-0.25, -0.2) is 0 Å². The monoisotopic (exact) mass is 274 g/mol. The molecule has 1 N–H and O–H groups in total. The van der Waals surface area contributed by atoms with Crippen LogP contribution in [0.4, 0.5) is 5.69 Å². The number of hydrogen-bond donors (Lipinski definition) is 1. The van der Waals surface area contributed by atoms with Gasteiger partial charge in [-0.1, -0.05) is 0 Å². The van der Waals surface area contributed by atoms with E-state index in [-0.39, 0.29) is 0 Å². The number of nitrogens with one attached hydrogen (secondary N) is 1. The van der Waals surface area contributed by atoms with Crippen LogP contribution in [0.15, 0.2) is 29.3 Å². The molecule has 2 rings (SSSR count).